The summed E-state index contributed by atoms with van der Waals surface area (Å²) in [6.45, 7) is 2.71. The Hall–Kier alpha value is -0.620. The first-order valence-corrected chi connectivity index (χ1v) is 7.32. The Morgan fingerprint density at radius 1 is 1.43 bits per heavy atom. The van der Waals surface area contributed by atoms with Crippen molar-refractivity contribution in [2.45, 2.75) is 13.3 Å². The first-order valence-electron chi connectivity index (χ1n) is 4.48. The van der Waals surface area contributed by atoms with E-state index in [2.05, 4.69) is 0 Å². The number of carbonyl (C=O) groups excluding carboxylic acids is 1. The normalized spacial score (nSPS) is 16.6. The summed E-state index contributed by atoms with van der Waals surface area (Å²) in [4.78, 5) is 11.4. The molecular formula is C10H11IO3. The van der Waals surface area contributed by atoms with Crippen LogP contribution < -0.4 is 0 Å². The summed E-state index contributed by atoms with van der Waals surface area (Å²) >= 11 is -2.08. The molecule has 1 aromatic carbocycles. The molecule has 0 radical (unpaired) electrons. The van der Waals surface area contributed by atoms with Crippen molar-refractivity contribution in [2.75, 3.05) is 6.61 Å². The molecule has 1 heterocycles. The van der Waals surface area contributed by atoms with Crippen molar-refractivity contribution in [1.29, 1.82) is 0 Å². The van der Waals surface area contributed by atoms with E-state index in [1.165, 1.54) is 0 Å². The van der Waals surface area contributed by atoms with Gasteiger partial charge in [-0.1, -0.05) is 0 Å². The van der Waals surface area contributed by atoms with Crippen LogP contribution in [0.3, 0.4) is 0 Å². The zero-order chi connectivity index (χ0) is 9.97. The van der Waals surface area contributed by atoms with Crippen LogP contribution in [0.1, 0.15) is 23.7 Å². The van der Waals surface area contributed by atoms with Gasteiger partial charge in [-0.2, -0.15) is 0 Å². The van der Waals surface area contributed by atoms with Crippen molar-refractivity contribution in [2.24, 2.45) is 0 Å². The van der Waals surface area contributed by atoms with E-state index in [4.69, 9.17) is 6.13 Å². The summed E-state index contributed by atoms with van der Waals surface area (Å²) < 4.78 is 11.8. The minimum atomic E-state index is -2.08. The number of benzene rings is 1. The van der Waals surface area contributed by atoms with E-state index in [0.29, 0.717) is 12.2 Å². The molecule has 0 bridgehead atoms. The molecule has 1 aromatic rings. The zero-order valence-corrected chi connectivity index (χ0v) is 9.98. The summed E-state index contributed by atoms with van der Waals surface area (Å²) in [6, 6.07) is 7.49. The van der Waals surface area contributed by atoms with Crippen LogP contribution in [0.2, 0.25) is 0 Å². The SMILES string of the molecule is CCCOI1OC(=O)c2ccccc21. The molecule has 4 heteroatoms. The van der Waals surface area contributed by atoms with E-state index in [1.54, 1.807) is 6.07 Å². The molecule has 1 aliphatic rings. The zero-order valence-electron chi connectivity index (χ0n) is 7.83. The molecule has 0 unspecified atom stereocenters. The summed E-state index contributed by atoms with van der Waals surface area (Å²) in [5.74, 6) is -0.220. The summed E-state index contributed by atoms with van der Waals surface area (Å²) in [5.41, 5.74) is 0.689. The number of hydrogen-bond donors (Lipinski definition) is 0. The average Bonchev–Trinajstić information content (AvgIpc) is 2.54. The average molecular weight is 306 g/mol. The van der Waals surface area contributed by atoms with E-state index in [0.717, 1.165) is 9.99 Å². The van der Waals surface area contributed by atoms with Gasteiger partial charge in [-0.05, 0) is 0 Å². The van der Waals surface area contributed by atoms with Gasteiger partial charge in [0.1, 0.15) is 0 Å². The van der Waals surface area contributed by atoms with Crippen molar-refractivity contribution in [3.05, 3.63) is 33.4 Å². The van der Waals surface area contributed by atoms with Crippen LogP contribution >= 0.6 is 20.6 Å². The fourth-order valence-corrected chi connectivity index (χ4v) is 4.65. The summed E-state index contributed by atoms with van der Waals surface area (Å²) in [7, 11) is 0. The molecule has 0 spiro atoms. The molecule has 0 fully saturated rings. The standard InChI is InChI=1S/C10H11IO3/c1-2-7-13-11-9-6-4-3-5-8(9)10(12)14-11/h3-6H,2,7H2,1H3. The molecule has 0 amide bonds. The third-order valence-electron chi connectivity index (χ3n) is 1.78. The first-order chi connectivity index (χ1) is 6.83. The van der Waals surface area contributed by atoms with E-state index >= 15 is 0 Å². The Balaban J connectivity index is 2.21. The third kappa shape index (κ3) is 1.76. The maximum absolute atomic E-state index is 11.4. The van der Waals surface area contributed by atoms with E-state index in [1.807, 2.05) is 25.1 Å². The van der Waals surface area contributed by atoms with Crippen LogP contribution in [0, 0.1) is 3.57 Å². The molecule has 0 atom stereocenters. The van der Waals surface area contributed by atoms with Crippen molar-refractivity contribution < 1.29 is 10.9 Å². The van der Waals surface area contributed by atoms with Gasteiger partial charge >= 0.3 is 90.9 Å². The molecule has 0 N–H and O–H groups in total. The van der Waals surface area contributed by atoms with E-state index in [-0.39, 0.29) is 5.97 Å². The van der Waals surface area contributed by atoms with Gasteiger partial charge in [-0.25, -0.2) is 0 Å². The number of hydrogen-bond acceptors (Lipinski definition) is 3. The summed E-state index contributed by atoms with van der Waals surface area (Å²) in [6.07, 6.45) is 0.952. The van der Waals surface area contributed by atoms with Crippen LogP contribution in [0.5, 0.6) is 0 Å². The van der Waals surface area contributed by atoms with Gasteiger partial charge in [-0.3, -0.25) is 0 Å². The monoisotopic (exact) mass is 306 g/mol. The number of carbonyl (C=O) groups is 1. The predicted molar refractivity (Wildman–Crippen MR) is 60.8 cm³/mol. The Kier molecular flexibility index (Phi) is 3.02. The molecule has 14 heavy (non-hydrogen) atoms. The van der Waals surface area contributed by atoms with Crippen LogP contribution in [0.25, 0.3) is 0 Å². The van der Waals surface area contributed by atoms with Crippen molar-refractivity contribution in [1.82, 2.24) is 0 Å². The minimum absolute atomic E-state index is 0.220. The van der Waals surface area contributed by atoms with Crippen LogP contribution in [-0.2, 0) is 6.13 Å². The van der Waals surface area contributed by atoms with Crippen LogP contribution in [-0.4, -0.2) is 12.6 Å². The fourth-order valence-electron chi connectivity index (χ4n) is 1.14. The molecule has 0 saturated heterocycles. The maximum atomic E-state index is 11.4. The Labute approximate surface area is 90.9 Å². The van der Waals surface area contributed by atoms with Gasteiger partial charge in [0.15, 0.2) is 0 Å². The van der Waals surface area contributed by atoms with Crippen molar-refractivity contribution >= 4 is 26.6 Å². The third-order valence-corrected chi connectivity index (χ3v) is 5.48. The molecule has 76 valence electrons. The molecule has 3 nitrogen and oxygen atoms in total. The van der Waals surface area contributed by atoms with Gasteiger partial charge in [0.05, 0.1) is 0 Å². The van der Waals surface area contributed by atoms with Crippen LogP contribution in [0.15, 0.2) is 24.3 Å². The fraction of sp³-hybridized carbons (Fsp3) is 0.300. The van der Waals surface area contributed by atoms with Crippen LogP contribution in [0.4, 0.5) is 0 Å². The second-order valence-corrected chi connectivity index (χ2v) is 6.34. The number of halogens is 1. The second kappa shape index (κ2) is 4.27. The molecular weight excluding hydrogens is 295 g/mol. The number of rotatable bonds is 3. The number of fused-ring (bicyclic) bond motifs is 1. The first kappa shape index (κ1) is 9.92. The molecule has 0 aliphatic carbocycles. The Bertz CT molecular complexity index is 351. The van der Waals surface area contributed by atoms with Crippen molar-refractivity contribution in [3.8, 4) is 0 Å². The van der Waals surface area contributed by atoms with Crippen molar-refractivity contribution in [3.63, 3.8) is 0 Å². The predicted octanol–water partition coefficient (Wildman–Crippen LogP) is 2.79. The molecule has 2 rings (SSSR count). The molecule has 0 aromatic heterocycles. The van der Waals surface area contributed by atoms with Gasteiger partial charge < -0.3 is 0 Å². The topological polar surface area (TPSA) is 35.5 Å². The Morgan fingerprint density at radius 3 is 3.00 bits per heavy atom. The quantitative estimate of drug-likeness (QED) is 0.806. The van der Waals surface area contributed by atoms with Gasteiger partial charge in [0.25, 0.3) is 0 Å². The Morgan fingerprint density at radius 2 is 2.21 bits per heavy atom. The van der Waals surface area contributed by atoms with Gasteiger partial charge in [0, 0.05) is 0 Å². The van der Waals surface area contributed by atoms with Gasteiger partial charge in [-0.15, -0.1) is 0 Å². The summed E-state index contributed by atoms with van der Waals surface area (Å²) in [5, 5.41) is 0. The second-order valence-electron chi connectivity index (χ2n) is 2.87. The van der Waals surface area contributed by atoms with E-state index < -0.39 is 20.6 Å². The van der Waals surface area contributed by atoms with Gasteiger partial charge in [0.2, 0.25) is 0 Å². The van der Waals surface area contributed by atoms with E-state index in [9.17, 15) is 4.79 Å². The molecule has 0 saturated carbocycles. The molecule has 1 aliphatic heterocycles.